The van der Waals surface area contributed by atoms with Crippen molar-refractivity contribution in [2.75, 3.05) is 0 Å². The van der Waals surface area contributed by atoms with E-state index in [1.54, 1.807) is 12.4 Å². The van der Waals surface area contributed by atoms with E-state index in [2.05, 4.69) is 40.2 Å². The Morgan fingerprint density at radius 2 is 1.94 bits per heavy atom. The molecule has 0 saturated heterocycles. The van der Waals surface area contributed by atoms with Gasteiger partial charge in [-0.3, -0.25) is 4.98 Å². The van der Waals surface area contributed by atoms with Gasteiger partial charge in [0.2, 0.25) is 0 Å². The lowest BCUT2D eigenvalue weighted by Gasteiger charge is -2.16. The predicted molar refractivity (Wildman–Crippen MR) is 131 cm³/mol. The highest BCUT2D eigenvalue weighted by Gasteiger charge is 2.10. The van der Waals surface area contributed by atoms with Crippen LogP contribution in [0.4, 0.5) is 0 Å². The third-order valence-corrected chi connectivity index (χ3v) is 5.65. The monoisotopic (exact) mass is 435 g/mol. The number of nitrogens with one attached hydrogen (secondary N) is 1. The summed E-state index contributed by atoms with van der Waals surface area (Å²) in [7, 11) is 2.00. The van der Waals surface area contributed by atoms with Gasteiger partial charge in [0.1, 0.15) is 17.1 Å². The van der Waals surface area contributed by atoms with Gasteiger partial charge in [0.05, 0.1) is 5.69 Å². The predicted octanol–water partition coefficient (Wildman–Crippen LogP) is 5.60. The molecular formula is C27H25N5O. The topological polar surface area (TPSA) is 56.4 Å². The Labute approximate surface area is 192 Å². The lowest BCUT2D eigenvalue weighted by Crippen LogP contribution is -2.12. The number of aromatic nitrogens is 4. The maximum absolute atomic E-state index is 6.25. The van der Waals surface area contributed by atoms with Crippen molar-refractivity contribution in [3.8, 4) is 22.8 Å². The number of hydrogen-bond donors (Lipinski definition) is 1. The average molecular weight is 436 g/mol. The second-order valence-electron chi connectivity index (χ2n) is 8.04. The van der Waals surface area contributed by atoms with Gasteiger partial charge in [0.25, 0.3) is 0 Å². The molecule has 1 N–H and O–H groups in total. The third-order valence-electron chi connectivity index (χ3n) is 5.65. The molecule has 0 amide bonds. The summed E-state index contributed by atoms with van der Waals surface area (Å²) in [6.07, 6.45) is 11.6. The van der Waals surface area contributed by atoms with Crippen molar-refractivity contribution in [2.45, 2.75) is 13.5 Å². The van der Waals surface area contributed by atoms with E-state index in [0.717, 1.165) is 50.8 Å². The van der Waals surface area contributed by atoms with E-state index in [0.29, 0.717) is 6.54 Å². The molecule has 4 aromatic heterocycles. The van der Waals surface area contributed by atoms with E-state index in [-0.39, 0.29) is 0 Å². The Balaban J connectivity index is 1.31. The molecule has 0 fully saturated rings. The number of pyridine rings is 2. The number of ether oxygens (including phenoxy) is 1. The normalized spacial score (nSPS) is 11.0. The quantitative estimate of drug-likeness (QED) is 0.362. The van der Waals surface area contributed by atoms with Crippen LogP contribution in [-0.4, -0.2) is 18.9 Å². The van der Waals surface area contributed by atoms with Gasteiger partial charge in [0, 0.05) is 79.2 Å². The lowest BCUT2D eigenvalue weighted by molar-refractivity contribution is 0.478. The van der Waals surface area contributed by atoms with Crippen LogP contribution in [0.1, 0.15) is 16.7 Å². The zero-order valence-electron chi connectivity index (χ0n) is 18.7. The molecule has 6 heteroatoms. The molecule has 0 bridgehead atoms. The highest BCUT2D eigenvalue weighted by atomic mass is 16.5. The molecule has 164 valence electrons. The van der Waals surface area contributed by atoms with Crippen LogP contribution in [0.3, 0.4) is 0 Å². The number of fused-ring (bicyclic) bond motifs is 1. The van der Waals surface area contributed by atoms with Crippen molar-refractivity contribution >= 4 is 11.3 Å². The molecule has 33 heavy (non-hydrogen) atoms. The van der Waals surface area contributed by atoms with Crippen LogP contribution in [-0.2, 0) is 13.6 Å². The molecule has 0 saturated carbocycles. The fraction of sp³-hybridized carbons (Fsp3) is 0.111. The number of aryl methyl sites for hydroxylation is 1. The van der Waals surface area contributed by atoms with Gasteiger partial charge in [-0.2, -0.15) is 0 Å². The minimum atomic E-state index is 0.669. The van der Waals surface area contributed by atoms with E-state index in [1.807, 2.05) is 77.9 Å². The summed E-state index contributed by atoms with van der Waals surface area (Å²) < 4.78 is 10.3. The summed E-state index contributed by atoms with van der Waals surface area (Å²) in [5.41, 5.74) is 6.92. The van der Waals surface area contributed by atoms with E-state index < -0.39 is 0 Å². The van der Waals surface area contributed by atoms with E-state index in [4.69, 9.17) is 4.74 Å². The fourth-order valence-electron chi connectivity index (χ4n) is 3.84. The fourth-order valence-corrected chi connectivity index (χ4v) is 3.84. The molecule has 0 aliphatic heterocycles. The molecule has 5 rings (SSSR count). The minimum Gasteiger partial charge on any atom is -0.457 e. The summed E-state index contributed by atoms with van der Waals surface area (Å²) in [5.74, 6) is 1.54. The molecule has 0 spiro atoms. The second kappa shape index (κ2) is 8.67. The maximum Gasteiger partial charge on any atom is 0.136 e. The Bertz CT molecular complexity index is 1450. The van der Waals surface area contributed by atoms with Gasteiger partial charge < -0.3 is 19.0 Å². The van der Waals surface area contributed by atoms with Crippen LogP contribution in [0, 0.1) is 6.92 Å². The first-order chi connectivity index (χ1) is 16.1. The van der Waals surface area contributed by atoms with Gasteiger partial charge in [-0.15, -0.1) is 0 Å². The Morgan fingerprint density at radius 1 is 1.03 bits per heavy atom. The molecule has 0 aliphatic rings. The SMILES string of the molecule is C=C(NCc1ccc2nccn2c1)c1cccc(Oc2ccnc(-c3ccn(C)c3)c2)c1C. The maximum atomic E-state index is 6.25. The van der Waals surface area contributed by atoms with Crippen LogP contribution in [0.25, 0.3) is 22.6 Å². The molecule has 0 unspecified atom stereocenters. The van der Waals surface area contributed by atoms with Crippen molar-refractivity contribution in [2.24, 2.45) is 7.05 Å². The van der Waals surface area contributed by atoms with E-state index in [9.17, 15) is 0 Å². The van der Waals surface area contributed by atoms with Crippen molar-refractivity contribution in [3.63, 3.8) is 0 Å². The largest absolute Gasteiger partial charge is 0.457 e. The van der Waals surface area contributed by atoms with E-state index in [1.165, 1.54) is 0 Å². The van der Waals surface area contributed by atoms with Crippen LogP contribution in [0.5, 0.6) is 11.5 Å². The molecular weight excluding hydrogens is 410 g/mol. The van der Waals surface area contributed by atoms with Crippen LogP contribution in [0.2, 0.25) is 0 Å². The standard InChI is InChI=1S/C27H25N5O/c1-19-24(20(2)30-16-21-7-8-27-29-12-14-32(27)17-21)5-4-6-26(19)33-23-9-11-28-25(15-23)22-10-13-31(3)18-22/h4-15,17-18,30H,2,16H2,1,3H3. The molecule has 6 nitrogen and oxygen atoms in total. The first kappa shape index (κ1) is 20.6. The van der Waals surface area contributed by atoms with Gasteiger partial charge in [-0.05, 0) is 36.8 Å². The first-order valence-electron chi connectivity index (χ1n) is 10.8. The summed E-state index contributed by atoms with van der Waals surface area (Å²) in [4.78, 5) is 8.77. The highest BCUT2D eigenvalue weighted by Crippen LogP contribution is 2.31. The number of benzene rings is 1. The van der Waals surface area contributed by atoms with Gasteiger partial charge >= 0.3 is 0 Å². The van der Waals surface area contributed by atoms with E-state index >= 15 is 0 Å². The summed E-state index contributed by atoms with van der Waals surface area (Å²) in [6.45, 7) is 6.98. The highest BCUT2D eigenvalue weighted by molar-refractivity contribution is 5.67. The molecule has 0 aliphatic carbocycles. The van der Waals surface area contributed by atoms with Crippen molar-refractivity contribution < 1.29 is 4.74 Å². The van der Waals surface area contributed by atoms with Gasteiger partial charge in [0.15, 0.2) is 0 Å². The lowest BCUT2D eigenvalue weighted by atomic mass is 10.1. The average Bonchev–Trinajstić information content (AvgIpc) is 3.47. The van der Waals surface area contributed by atoms with Crippen LogP contribution < -0.4 is 10.1 Å². The smallest absolute Gasteiger partial charge is 0.136 e. The van der Waals surface area contributed by atoms with Crippen molar-refractivity contribution in [1.82, 2.24) is 24.3 Å². The Hall–Kier alpha value is -4.32. The number of imidazole rings is 1. The first-order valence-corrected chi connectivity index (χ1v) is 10.8. The van der Waals surface area contributed by atoms with Crippen molar-refractivity contribution in [1.29, 1.82) is 0 Å². The number of rotatable bonds is 7. The molecule has 0 atom stereocenters. The number of nitrogens with zero attached hydrogens (tertiary/aromatic N) is 4. The third kappa shape index (κ3) is 4.36. The molecule has 5 aromatic rings. The zero-order chi connectivity index (χ0) is 22.8. The molecule has 1 aromatic carbocycles. The van der Waals surface area contributed by atoms with Crippen LogP contribution >= 0.6 is 0 Å². The molecule has 0 radical (unpaired) electrons. The summed E-state index contributed by atoms with van der Waals surface area (Å²) >= 11 is 0. The van der Waals surface area contributed by atoms with Crippen molar-refractivity contribution in [3.05, 3.63) is 109 Å². The summed E-state index contributed by atoms with van der Waals surface area (Å²) in [5, 5.41) is 3.44. The Kier molecular flexibility index (Phi) is 5.40. The molecule has 4 heterocycles. The zero-order valence-corrected chi connectivity index (χ0v) is 18.7. The van der Waals surface area contributed by atoms with Gasteiger partial charge in [-0.1, -0.05) is 24.8 Å². The Morgan fingerprint density at radius 3 is 2.79 bits per heavy atom. The number of hydrogen-bond acceptors (Lipinski definition) is 4. The van der Waals surface area contributed by atoms with Crippen LogP contribution in [0.15, 0.2) is 92.3 Å². The van der Waals surface area contributed by atoms with Gasteiger partial charge in [-0.25, -0.2) is 4.98 Å². The minimum absolute atomic E-state index is 0.669. The summed E-state index contributed by atoms with van der Waals surface area (Å²) in [6, 6.07) is 16.0. The second-order valence-corrected chi connectivity index (χ2v) is 8.04.